The van der Waals surface area contributed by atoms with Crippen LogP contribution in [0.25, 0.3) is 0 Å². The molecule has 0 bridgehead atoms. The lowest BCUT2D eigenvalue weighted by Crippen LogP contribution is -2.17. The van der Waals surface area contributed by atoms with Gasteiger partial charge in [0, 0.05) is 19.2 Å². The third-order valence-electron chi connectivity index (χ3n) is 3.40. The van der Waals surface area contributed by atoms with Gasteiger partial charge in [0.1, 0.15) is 4.64 Å². The van der Waals surface area contributed by atoms with Crippen molar-refractivity contribution in [3.63, 3.8) is 0 Å². The highest BCUT2D eigenvalue weighted by atomic mass is 32.1. The van der Waals surface area contributed by atoms with Gasteiger partial charge in [0.2, 0.25) is 5.91 Å². The molecule has 128 valence electrons. The molecule has 1 heterocycles. The predicted octanol–water partition coefficient (Wildman–Crippen LogP) is 4.17. The second-order valence-corrected chi connectivity index (χ2v) is 6.36. The molecular formula is C16H24N2O3S2. The van der Waals surface area contributed by atoms with E-state index in [9.17, 15) is 9.59 Å². The molecule has 0 N–H and O–H groups in total. The van der Waals surface area contributed by atoms with Gasteiger partial charge in [-0.2, -0.15) is 0 Å². The monoisotopic (exact) mass is 356 g/mol. The van der Waals surface area contributed by atoms with Crippen molar-refractivity contribution in [1.82, 2.24) is 9.13 Å². The molecule has 0 atom stereocenters. The van der Waals surface area contributed by atoms with Gasteiger partial charge < -0.3 is 9.30 Å². The number of ether oxygens (including phenoxy) is 1. The van der Waals surface area contributed by atoms with Crippen molar-refractivity contribution in [3.8, 4) is 0 Å². The maximum Gasteiger partial charge on any atom is 0.308 e. The van der Waals surface area contributed by atoms with E-state index in [0.717, 1.165) is 19.3 Å². The number of carbonyl (C=O) groups is 2. The lowest BCUT2D eigenvalue weighted by molar-refractivity contribution is -0.147. The van der Waals surface area contributed by atoms with Crippen molar-refractivity contribution in [2.75, 3.05) is 6.61 Å². The zero-order chi connectivity index (χ0) is 17.4. The number of aromatic nitrogens is 2. The highest BCUT2D eigenvalue weighted by molar-refractivity contribution is 7.72. The zero-order valence-electron chi connectivity index (χ0n) is 13.9. The minimum Gasteiger partial charge on any atom is -0.465 e. The third kappa shape index (κ3) is 5.99. The Morgan fingerprint density at radius 3 is 2.52 bits per heavy atom. The summed E-state index contributed by atoms with van der Waals surface area (Å²) in [5.41, 5.74) is 0. The molecule has 1 aromatic rings. The first kappa shape index (κ1) is 19.7. The normalized spacial score (nSPS) is 10.8. The van der Waals surface area contributed by atoms with Gasteiger partial charge in [-0.15, -0.1) is 0 Å². The molecule has 0 aromatic carbocycles. The summed E-state index contributed by atoms with van der Waals surface area (Å²) in [7, 11) is 0. The van der Waals surface area contributed by atoms with E-state index < -0.39 is 0 Å². The van der Waals surface area contributed by atoms with Gasteiger partial charge >= 0.3 is 5.97 Å². The van der Waals surface area contributed by atoms with Crippen LogP contribution in [-0.4, -0.2) is 27.6 Å². The van der Waals surface area contributed by atoms with Crippen molar-refractivity contribution >= 4 is 36.3 Å². The third-order valence-corrected chi connectivity index (χ3v) is 4.18. The molecule has 5 nitrogen and oxygen atoms in total. The molecule has 0 fully saturated rings. The number of unbranched alkanes of at least 4 members (excludes halogenated alkanes) is 2. The number of esters is 1. The quantitative estimate of drug-likeness (QED) is 0.397. The summed E-state index contributed by atoms with van der Waals surface area (Å²) in [6, 6.07) is 1.72. The minimum atomic E-state index is -0.180. The Hall–Kier alpha value is -1.34. The van der Waals surface area contributed by atoms with Crippen LogP contribution in [0.1, 0.15) is 51.2 Å². The first-order valence-corrected chi connectivity index (χ1v) is 8.72. The molecule has 0 aliphatic carbocycles. The summed E-state index contributed by atoms with van der Waals surface area (Å²) >= 11 is 10.5. The molecule has 0 aliphatic rings. The van der Waals surface area contributed by atoms with Crippen LogP contribution in [0.5, 0.6) is 0 Å². The lowest BCUT2D eigenvalue weighted by atomic mass is 10.2. The molecular weight excluding hydrogens is 332 g/mol. The number of hydrogen-bond donors (Lipinski definition) is 0. The molecule has 0 radical (unpaired) electrons. The first-order valence-electron chi connectivity index (χ1n) is 7.90. The van der Waals surface area contributed by atoms with E-state index in [2.05, 4.69) is 0 Å². The molecule has 0 spiro atoms. The second-order valence-electron chi connectivity index (χ2n) is 5.58. The SMILES string of the molecule is CCn1c(=S)ccn(C(=O)CCCCCOC(=O)C(C)C)c1=S. The molecule has 7 heteroatoms. The standard InChI is InChI=1S/C16H24N2O3S2/c1-4-17-14(22)9-10-18(16(17)23)13(19)8-6-5-7-11-21-15(20)12(2)3/h9-10,12H,4-8,11H2,1-3H3. The van der Waals surface area contributed by atoms with Gasteiger partial charge in [0.25, 0.3) is 0 Å². The van der Waals surface area contributed by atoms with Crippen LogP contribution in [0.2, 0.25) is 0 Å². The van der Waals surface area contributed by atoms with Crippen LogP contribution >= 0.6 is 24.4 Å². The lowest BCUT2D eigenvalue weighted by Gasteiger charge is -2.10. The molecule has 0 saturated heterocycles. The Balaban J connectivity index is 2.42. The maximum absolute atomic E-state index is 12.2. The number of carbonyl (C=O) groups excluding carboxylic acids is 2. The number of hydrogen-bond acceptors (Lipinski definition) is 5. The van der Waals surface area contributed by atoms with Gasteiger partial charge in [-0.1, -0.05) is 26.1 Å². The van der Waals surface area contributed by atoms with Crippen LogP contribution in [-0.2, 0) is 16.1 Å². The van der Waals surface area contributed by atoms with Crippen LogP contribution in [0, 0.1) is 15.3 Å². The topological polar surface area (TPSA) is 53.2 Å². The Morgan fingerprint density at radius 1 is 1.22 bits per heavy atom. The molecule has 1 rings (SSSR count). The molecule has 0 saturated carbocycles. The minimum absolute atomic E-state index is 0.0358. The molecule has 1 aromatic heterocycles. The predicted molar refractivity (Wildman–Crippen MR) is 94.7 cm³/mol. The highest BCUT2D eigenvalue weighted by Crippen LogP contribution is 2.06. The Labute approximate surface area is 147 Å². The largest absolute Gasteiger partial charge is 0.465 e. The fourth-order valence-corrected chi connectivity index (χ4v) is 2.74. The molecule has 0 aliphatic heterocycles. The Morgan fingerprint density at radius 2 is 1.91 bits per heavy atom. The summed E-state index contributed by atoms with van der Waals surface area (Å²) in [6.07, 6.45) is 4.38. The van der Waals surface area contributed by atoms with E-state index in [1.165, 1.54) is 4.57 Å². The van der Waals surface area contributed by atoms with Gasteiger partial charge in [0.05, 0.1) is 12.5 Å². The smallest absolute Gasteiger partial charge is 0.308 e. The van der Waals surface area contributed by atoms with Crippen LogP contribution < -0.4 is 0 Å². The number of nitrogens with zero attached hydrogens (tertiary/aromatic N) is 2. The van der Waals surface area contributed by atoms with E-state index in [0.29, 0.717) is 29.0 Å². The van der Waals surface area contributed by atoms with Crippen molar-refractivity contribution in [2.24, 2.45) is 5.92 Å². The van der Waals surface area contributed by atoms with Gasteiger partial charge in [-0.25, -0.2) is 0 Å². The summed E-state index contributed by atoms with van der Waals surface area (Å²) in [5, 5.41) is 0. The van der Waals surface area contributed by atoms with E-state index in [-0.39, 0.29) is 17.8 Å². The van der Waals surface area contributed by atoms with Gasteiger partial charge in [-0.05, 0) is 44.5 Å². The maximum atomic E-state index is 12.2. The van der Waals surface area contributed by atoms with E-state index in [1.807, 2.05) is 6.92 Å². The van der Waals surface area contributed by atoms with Crippen molar-refractivity contribution in [1.29, 1.82) is 0 Å². The average Bonchev–Trinajstić information content (AvgIpc) is 2.50. The van der Waals surface area contributed by atoms with Crippen LogP contribution in [0.15, 0.2) is 12.3 Å². The van der Waals surface area contributed by atoms with Gasteiger partial charge in [0.15, 0.2) is 4.77 Å². The van der Waals surface area contributed by atoms with Crippen molar-refractivity contribution < 1.29 is 14.3 Å². The summed E-state index contributed by atoms with van der Waals surface area (Å²) in [6.45, 7) is 6.61. The van der Waals surface area contributed by atoms with E-state index in [4.69, 9.17) is 29.2 Å². The van der Waals surface area contributed by atoms with Gasteiger partial charge in [-0.3, -0.25) is 14.2 Å². The first-order chi connectivity index (χ1) is 10.9. The fraction of sp³-hybridized carbons (Fsp3) is 0.625. The Kier molecular flexibility index (Phi) is 8.33. The van der Waals surface area contributed by atoms with E-state index >= 15 is 0 Å². The van der Waals surface area contributed by atoms with Crippen molar-refractivity contribution in [3.05, 3.63) is 21.7 Å². The highest BCUT2D eigenvalue weighted by Gasteiger charge is 2.09. The van der Waals surface area contributed by atoms with Crippen LogP contribution in [0.3, 0.4) is 0 Å². The molecule has 0 amide bonds. The Bertz CT molecular complexity index is 662. The second kappa shape index (κ2) is 9.72. The van der Waals surface area contributed by atoms with Crippen LogP contribution in [0.4, 0.5) is 0 Å². The fourth-order valence-electron chi connectivity index (χ4n) is 2.01. The summed E-state index contributed by atoms with van der Waals surface area (Å²) in [5.74, 6) is -0.317. The average molecular weight is 357 g/mol. The van der Waals surface area contributed by atoms with Crippen molar-refractivity contribution in [2.45, 2.75) is 53.0 Å². The molecule has 23 heavy (non-hydrogen) atoms. The van der Waals surface area contributed by atoms with E-state index in [1.54, 1.807) is 30.7 Å². The summed E-state index contributed by atoms with van der Waals surface area (Å²) < 4.78 is 9.41. The molecule has 0 unspecified atom stereocenters. The number of rotatable bonds is 8. The summed E-state index contributed by atoms with van der Waals surface area (Å²) in [4.78, 5) is 23.5. The zero-order valence-corrected chi connectivity index (χ0v) is 15.5.